The summed E-state index contributed by atoms with van der Waals surface area (Å²) in [6, 6.07) is 10.7. The molecule has 0 spiro atoms. The van der Waals surface area contributed by atoms with Crippen LogP contribution in [-0.2, 0) is 4.74 Å². The van der Waals surface area contributed by atoms with Crippen LogP contribution in [0.25, 0.3) is 22.2 Å². The summed E-state index contributed by atoms with van der Waals surface area (Å²) in [7, 11) is 1.52. The molecule has 0 saturated heterocycles. The Morgan fingerprint density at radius 1 is 1.23 bits per heavy atom. The quantitative estimate of drug-likeness (QED) is 0.344. The molecule has 1 atom stereocenters. The zero-order valence-corrected chi connectivity index (χ0v) is 16.2. The minimum atomic E-state index is -0.630. The van der Waals surface area contributed by atoms with Gasteiger partial charge in [0.25, 0.3) is 5.91 Å². The molecule has 0 aliphatic carbocycles. The Morgan fingerprint density at radius 2 is 2.03 bits per heavy atom. The molecule has 3 aromatic rings. The second-order valence-electron chi connectivity index (χ2n) is 6.26. The molecule has 30 heavy (non-hydrogen) atoms. The molecule has 0 bridgehead atoms. The van der Waals surface area contributed by atoms with Gasteiger partial charge in [-0.25, -0.2) is 10.5 Å². The summed E-state index contributed by atoms with van der Waals surface area (Å²) in [6.45, 7) is -0.0823. The van der Waals surface area contributed by atoms with E-state index in [0.717, 1.165) is 11.1 Å². The van der Waals surface area contributed by atoms with E-state index in [4.69, 9.17) is 15.1 Å². The minimum absolute atomic E-state index is 0.0823. The number of amides is 1. The minimum Gasteiger partial charge on any atom is -0.394 e. The van der Waals surface area contributed by atoms with Crippen molar-refractivity contribution in [1.29, 1.82) is 0 Å². The Kier molecular flexibility index (Phi) is 7.09. The van der Waals surface area contributed by atoms with E-state index in [1.54, 1.807) is 23.8 Å². The van der Waals surface area contributed by atoms with E-state index in [-0.39, 0.29) is 18.3 Å². The van der Waals surface area contributed by atoms with E-state index < -0.39 is 5.91 Å². The third kappa shape index (κ3) is 4.99. The number of fused-ring (bicyclic) bond motifs is 1. The van der Waals surface area contributed by atoms with Gasteiger partial charge in [-0.2, -0.15) is 0 Å². The van der Waals surface area contributed by atoms with Gasteiger partial charge in [-0.1, -0.05) is 24.0 Å². The van der Waals surface area contributed by atoms with Gasteiger partial charge in [0.1, 0.15) is 0 Å². The van der Waals surface area contributed by atoms with Gasteiger partial charge < -0.3 is 9.84 Å². The number of ether oxygens (including phenoxy) is 1. The molecule has 0 aliphatic rings. The van der Waals surface area contributed by atoms with Crippen LogP contribution in [-0.4, -0.2) is 46.0 Å². The highest BCUT2D eigenvalue weighted by Gasteiger charge is 2.13. The van der Waals surface area contributed by atoms with Crippen molar-refractivity contribution in [1.82, 2.24) is 15.4 Å². The molecule has 2 aromatic heterocycles. The molecule has 1 aromatic carbocycles. The lowest BCUT2D eigenvalue weighted by Gasteiger charge is -2.08. The summed E-state index contributed by atoms with van der Waals surface area (Å²) >= 11 is 0. The van der Waals surface area contributed by atoms with Gasteiger partial charge in [-0.05, 0) is 36.1 Å². The first-order valence-corrected chi connectivity index (χ1v) is 9.08. The number of nitrogens with zero attached hydrogens (tertiary/aromatic N) is 2. The average molecular weight is 401 g/mol. The van der Waals surface area contributed by atoms with Crippen LogP contribution in [0.4, 0.5) is 0 Å². The molecule has 3 N–H and O–H groups in total. The smallest absolute Gasteiger partial charge is 0.275 e. The van der Waals surface area contributed by atoms with Crippen molar-refractivity contribution in [3.8, 4) is 34.9 Å². The van der Waals surface area contributed by atoms with Crippen molar-refractivity contribution in [2.45, 2.75) is 12.5 Å². The number of methoxy groups -OCH3 is 1. The molecule has 0 fully saturated rings. The predicted molar refractivity (Wildman–Crippen MR) is 111 cm³/mol. The van der Waals surface area contributed by atoms with Crippen LogP contribution >= 0.6 is 0 Å². The molecule has 1 unspecified atom stereocenters. The summed E-state index contributed by atoms with van der Waals surface area (Å²) < 4.78 is 5.03. The first-order valence-electron chi connectivity index (χ1n) is 9.08. The van der Waals surface area contributed by atoms with Crippen molar-refractivity contribution >= 4 is 16.8 Å². The van der Waals surface area contributed by atoms with E-state index in [2.05, 4.69) is 33.6 Å². The molecular weight excluding hydrogens is 382 g/mol. The number of carbonyl (C=O) groups is 1. The Hall–Kier alpha value is -3.75. The zero-order chi connectivity index (χ0) is 21.3. The number of hydrogen-bond donors (Lipinski definition) is 3. The second kappa shape index (κ2) is 10.1. The summed E-state index contributed by atoms with van der Waals surface area (Å²) in [4.78, 5) is 20.6. The molecule has 0 radical (unpaired) electrons. The van der Waals surface area contributed by atoms with E-state index >= 15 is 0 Å². The number of rotatable bonds is 5. The number of carbonyl (C=O) groups excluding carboxylic acids is 1. The molecule has 0 saturated carbocycles. The van der Waals surface area contributed by atoms with E-state index in [0.29, 0.717) is 23.0 Å². The van der Waals surface area contributed by atoms with Gasteiger partial charge in [0.2, 0.25) is 0 Å². The van der Waals surface area contributed by atoms with Crippen LogP contribution in [0.2, 0.25) is 0 Å². The lowest BCUT2D eigenvalue weighted by molar-refractivity contribution is 0.0528. The van der Waals surface area contributed by atoms with Gasteiger partial charge in [-0.3, -0.25) is 15.0 Å². The molecule has 3 rings (SSSR count). The van der Waals surface area contributed by atoms with Crippen LogP contribution in [0.15, 0.2) is 48.8 Å². The normalized spacial score (nSPS) is 11.0. The number of pyridine rings is 2. The number of benzene rings is 1. The van der Waals surface area contributed by atoms with Crippen molar-refractivity contribution in [3.05, 3.63) is 59.9 Å². The highest BCUT2D eigenvalue weighted by molar-refractivity contribution is 6.06. The highest BCUT2D eigenvalue weighted by Crippen LogP contribution is 2.24. The molecule has 1 amide bonds. The van der Waals surface area contributed by atoms with Gasteiger partial charge in [0.05, 0.1) is 29.5 Å². The standard InChI is InChI=1S/C23H19N3O4/c1-30-18(15-27)6-4-2-3-5-16-7-9-17(10-8-16)22-13-19(23(28)26-29)20-14-24-12-11-21(20)25-22/h7-14,18,27,29H,6,15H2,1H3,(H,26,28). The maximum Gasteiger partial charge on any atom is 0.275 e. The summed E-state index contributed by atoms with van der Waals surface area (Å²) in [5.74, 6) is 10.7. The Balaban J connectivity index is 1.84. The van der Waals surface area contributed by atoms with Crippen molar-refractivity contribution in [2.75, 3.05) is 13.7 Å². The van der Waals surface area contributed by atoms with Crippen LogP contribution in [0, 0.1) is 23.7 Å². The number of aromatic nitrogens is 2. The number of aliphatic hydroxyl groups excluding tert-OH is 1. The van der Waals surface area contributed by atoms with Crippen molar-refractivity contribution in [2.24, 2.45) is 0 Å². The summed E-state index contributed by atoms with van der Waals surface area (Å²) in [6.07, 6.45) is 3.23. The fourth-order valence-corrected chi connectivity index (χ4v) is 2.72. The largest absolute Gasteiger partial charge is 0.394 e. The third-order valence-electron chi connectivity index (χ3n) is 4.36. The fourth-order valence-electron chi connectivity index (χ4n) is 2.72. The zero-order valence-electron chi connectivity index (χ0n) is 16.2. The summed E-state index contributed by atoms with van der Waals surface area (Å²) in [5.41, 5.74) is 4.69. The van der Waals surface area contributed by atoms with Crippen LogP contribution < -0.4 is 5.48 Å². The SMILES string of the molecule is COC(CO)CC#CC#Cc1ccc(-c2cc(C(=O)NO)c3cnccc3n2)cc1. The average Bonchev–Trinajstić information content (AvgIpc) is 2.80. The molecular formula is C23H19N3O4. The molecule has 7 nitrogen and oxygen atoms in total. The Morgan fingerprint density at radius 3 is 2.73 bits per heavy atom. The highest BCUT2D eigenvalue weighted by atomic mass is 16.5. The van der Waals surface area contributed by atoms with E-state index in [1.165, 1.54) is 13.3 Å². The lowest BCUT2D eigenvalue weighted by atomic mass is 10.0. The maximum atomic E-state index is 12.0. The van der Waals surface area contributed by atoms with E-state index in [1.807, 2.05) is 24.3 Å². The van der Waals surface area contributed by atoms with Crippen LogP contribution in [0.3, 0.4) is 0 Å². The molecule has 7 heteroatoms. The molecule has 0 aliphatic heterocycles. The Bertz CT molecular complexity index is 1160. The van der Waals surface area contributed by atoms with Crippen molar-refractivity contribution < 1.29 is 19.8 Å². The number of hydroxylamine groups is 1. The third-order valence-corrected chi connectivity index (χ3v) is 4.36. The topological polar surface area (TPSA) is 105 Å². The molecule has 150 valence electrons. The fraction of sp³-hybridized carbons (Fsp3) is 0.174. The van der Waals surface area contributed by atoms with Gasteiger partial charge in [-0.15, -0.1) is 0 Å². The monoisotopic (exact) mass is 401 g/mol. The van der Waals surface area contributed by atoms with Gasteiger partial charge in [0.15, 0.2) is 0 Å². The summed E-state index contributed by atoms with van der Waals surface area (Å²) in [5, 5.41) is 18.6. The van der Waals surface area contributed by atoms with Gasteiger partial charge >= 0.3 is 0 Å². The Labute approximate surface area is 173 Å². The first-order chi connectivity index (χ1) is 14.7. The maximum absolute atomic E-state index is 12.0. The molecule has 2 heterocycles. The first kappa shape index (κ1) is 21.0. The second-order valence-corrected chi connectivity index (χ2v) is 6.26. The van der Waals surface area contributed by atoms with Gasteiger partial charge in [0, 0.05) is 42.4 Å². The van der Waals surface area contributed by atoms with Crippen LogP contribution in [0.5, 0.6) is 0 Å². The van der Waals surface area contributed by atoms with Crippen LogP contribution in [0.1, 0.15) is 22.3 Å². The predicted octanol–water partition coefficient (Wildman–Crippen LogP) is 2.17. The number of aliphatic hydroxyl groups is 1. The number of hydrogen-bond acceptors (Lipinski definition) is 6. The lowest BCUT2D eigenvalue weighted by Crippen LogP contribution is -2.19. The van der Waals surface area contributed by atoms with E-state index in [9.17, 15) is 4.79 Å². The van der Waals surface area contributed by atoms with Crippen molar-refractivity contribution in [3.63, 3.8) is 0 Å². The number of nitrogens with one attached hydrogen (secondary N) is 1.